The first-order chi connectivity index (χ1) is 11.0. The van der Waals surface area contributed by atoms with Crippen LogP contribution in [0.1, 0.15) is 56.1 Å². The summed E-state index contributed by atoms with van der Waals surface area (Å²) < 4.78 is 27.6. The van der Waals surface area contributed by atoms with E-state index >= 15 is 0 Å². The van der Waals surface area contributed by atoms with Crippen LogP contribution in [0.3, 0.4) is 0 Å². The zero-order chi connectivity index (χ0) is 16.4. The minimum atomic E-state index is -3.23. The maximum absolute atomic E-state index is 12.9. The second-order valence-electron chi connectivity index (χ2n) is 6.86. The van der Waals surface area contributed by atoms with E-state index in [-0.39, 0.29) is 11.3 Å². The molecule has 7 heteroatoms. The maximum atomic E-state index is 12.9. The Morgan fingerprint density at radius 1 is 1.22 bits per heavy atom. The SMILES string of the molecule is CN(C)Cc1ccnc([C@H]2CCCN2S(=O)(=O)C2CCCC2)n1. The molecule has 0 unspecified atom stereocenters. The van der Waals surface area contributed by atoms with Crippen LogP contribution in [-0.4, -0.2) is 53.5 Å². The number of aromatic nitrogens is 2. The van der Waals surface area contributed by atoms with Crippen molar-refractivity contribution in [3.8, 4) is 0 Å². The molecule has 23 heavy (non-hydrogen) atoms. The molecule has 2 heterocycles. The van der Waals surface area contributed by atoms with Crippen LogP contribution in [-0.2, 0) is 16.6 Å². The molecule has 1 atom stereocenters. The lowest BCUT2D eigenvalue weighted by molar-refractivity contribution is 0.369. The number of hydrogen-bond donors (Lipinski definition) is 0. The van der Waals surface area contributed by atoms with E-state index in [1.54, 1.807) is 10.5 Å². The van der Waals surface area contributed by atoms with Gasteiger partial charge in [-0.2, -0.15) is 4.31 Å². The molecule has 0 radical (unpaired) electrons. The Kier molecular flexibility index (Phi) is 4.98. The standard InChI is InChI=1S/C16H26N4O2S/c1-19(2)12-13-9-10-17-16(18-13)15-8-5-11-20(15)23(21,22)14-6-3-4-7-14/h9-10,14-15H,3-8,11-12H2,1-2H3/t15-/m1/s1. The summed E-state index contributed by atoms with van der Waals surface area (Å²) in [6.45, 7) is 1.34. The molecular weight excluding hydrogens is 312 g/mol. The Labute approximate surface area is 139 Å². The summed E-state index contributed by atoms with van der Waals surface area (Å²) in [5, 5.41) is -0.201. The van der Waals surface area contributed by atoms with Gasteiger partial charge >= 0.3 is 0 Å². The Hall–Kier alpha value is -1.05. The zero-order valence-electron chi connectivity index (χ0n) is 14.0. The van der Waals surface area contributed by atoms with Crippen molar-refractivity contribution in [3.05, 3.63) is 23.8 Å². The lowest BCUT2D eigenvalue weighted by Crippen LogP contribution is -2.37. The molecular formula is C16H26N4O2S. The molecule has 3 rings (SSSR count). The van der Waals surface area contributed by atoms with Gasteiger partial charge in [0.2, 0.25) is 10.0 Å². The topological polar surface area (TPSA) is 66.4 Å². The van der Waals surface area contributed by atoms with E-state index in [2.05, 4.69) is 9.97 Å². The highest BCUT2D eigenvalue weighted by atomic mass is 32.2. The monoisotopic (exact) mass is 338 g/mol. The molecule has 1 aliphatic heterocycles. The van der Waals surface area contributed by atoms with Gasteiger partial charge < -0.3 is 4.90 Å². The molecule has 0 bridgehead atoms. The average Bonchev–Trinajstić information content (AvgIpc) is 3.19. The van der Waals surface area contributed by atoms with Crippen LogP contribution in [0.4, 0.5) is 0 Å². The predicted octanol–water partition coefficient (Wildman–Crippen LogP) is 1.95. The molecule has 128 valence electrons. The summed E-state index contributed by atoms with van der Waals surface area (Å²) >= 11 is 0. The fourth-order valence-electron chi connectivity index (χ4n) is 3.67. The average molecular weight is 338 g/mol. The van der Waals surface area contributed by atoms with Gasteiger partial charge in [0, 0.05) is 19.3 Å². The summed E-state index contributed by atoms with van der Waals surface area (Å²) in [5.41, 5.74) is 0.935. The third-order valence-corrected chi connectivity index (χ3v) is 7.17. The number of sulfonamides is 1. The van der Waals surface area contributed by atoms with Crippen molar-refractivity contribution in [1.29, 1.82) is 0 Å². The molecule has 2 fully saturated rings. The quantitative estimate of drug-likeness (QED) is 0.821. The first-order valence-electron chi connectivity index (χ1n) is 8.45. The van der Waals surface area contributed by atoms with Crippen molar-refractivity contribution in [2.75, 3.05) is 20.6 Å². The Morgan fingerprint density at radius 2 is 1.96 bits per heavy atom. The molecule has 0 N–H and O–H groups in total. The van der Waals surface area contributed by atoms with Gasteiger partial charge in [-0.1, -0.05) is 12.8 Å². The lowest BCUT2D eigenvalue weighted by Gasteiger charge is -2.26. The van der Waals surface area contributed by atoms with E-state index < -0.39 is 10.0 Å². The van der Waals surface area contributed by atoms with Gasteiger partial charge in [-0.15, -0.1) is 0 Å². The summed E-state index contributed by atoms with van der Waals surface area (Å²) in [6, 6.07) is 1.71. The Balaban J connectivity index is 1.84. The van der Waals surface area contributed by atoms with Crippen LogP contribution in [0.5, 0.6) is 0 Å². The van der Waals surface area contributed by atoms with Gasteiger partial charge in [-0.3, -0.25) is 0 Å². The minimum absolute atomic E-state index is 0.192. The highest BCUT2D eigenvalue weighted by Crippen LogP contribution is 2.37. The van der Waals surface area contributed by atoms with Crippen LogP contribution < -0.4 is 0 Å². The van der Waals surface area contributed by atoms with Crippen LogP contribution in [0, 0.1) is 0 Å². The molecule has 1 aromatic rings. The minimum Gasteiger partial charge on any atom is -0.304 e. The van der Waals surface area contributed by atoms with Gasteiger partial charge in [0.05, 0.1) is 17.0 Å². The maximum Gasteiger partial charge on any atom is 0.217 e. The van der Waals surface area contributed by atoms with E-state index in [9.17, 15) is 8.42 Å². The van der Waals surface area contributed by atoms with Gasteiger partial charge in [-0.05, 0) is 45.8 Å². The van der Waals surface area contributed by atoms with Crippen molar-refractivity contribution < 1.29 is 8.42 Å². The largest absolute Gasteiger partial charge is 0.304 e. The van der Waals surface area contributed by atoms with Crippen LogP contribution in [0.25, 0.3) is 0 Å². The fourth-order valence-corrected chi connectivity index (χ4v) is 5.92. The molecule has 6 nitrogen and oxygen atoms in total. The van der Waals surface area contributed by atoms with Gasteiger partial charge in [0.1, 0.15) is 5.82 Å². The molecule has 0 spiro atoms. The Morgan fingerprint density at radius 3 is 2.65 bits per heavy atom. The van der Waals surface area contributed by atoms with E-state index in [1.807, 2.05) is 25.1 Å². The smallest absolute Gasteiger partial charge is 0.217 e. The predicted molar refractivity (Wildman–Crippen MR) is 89.3 cm³/mol. The Bertz CT molecular complexity index is 641. The molecule has 0 amide bonds. The van der Waals surface area contributed by atoms with Crippen molar-refractivity contribution in [2.24, 2.45) is 0 Å². The number of rotatable bonds is 5. The highest BCUT2D eigenvalue weighted by Gasteiger charge is 2.41. The van der Waals surface area contributed by atoms with Crippen molar-refractivity contribution in [3.63, 3.8) is 0 Å². The van der Waals surface area contributed by atoms with Crippen molar-refractivity contribution in [1.82, 2.24) is 19.2 Å². The van der Waals surface area contributed by atoms with Crippen LogP contribution >= 0.6 is 0 Å². The van der Waals surface area contributed by atoms with Crippen LogP contribution in [0.15, 0.2) is 12.3 Å². The van der Waals surface area contributed by atoms with E-state index in [0.29, 0.717) is 12.4 Å². The van der Waals surface area contributed by atoms with Gasteiger partial charge in [0.25, 0.3) is 0 Å². The summed E-state index contributed by atoms with van der Waals surface area (Å²) in [5.74, 6) is 0.656. The van der Waals surface area contributed by atoms with Crippen LogP contribution in [0.2, 0.25) is 0 Å². The van der Waals surface area contributed by atoms with Gasteiger partial charge in [-0.25, -0.2) is 18.4 Å². The van der Waals surface area contributed by atoms with E-state index in [4.69, 9.17) is 0 Å². The fraction of sp³-hybridized carbons (Fsp3) is 0.750. The van der Waals surface area contributed by atoms with E-state index in [1.165, 1.54) is 0 Å². The lowest BCUT2D eigenvalue weighted by atomic mass is 10.2. The highest BCUT2D eigenvalue weighted by molar-refractivity contribution is 7.89. The van der Waals surface area contributed by atoms with Crippen molar-refractivity contribution in [2.45, 2.75) is 56.4 Å². The normalized spacial score (nSPS) is 23.9. The number of nitrogens with zero attached hydrogens (tertiary/aromatic N) is 4. The molecule has 0 aromatic carbocycles. The summed E-state index contributed by atoms with van der Waals surface area (Å²) in [4.78, 5) is 11.1. The first-order valence-corrected chi connectivity index (χ1v) is 9.96. The number of hydrogen-bond acceptors (Lipinski definition) is 5. The van der Waals surface area contributed by atoms with E-state index in [0.717, 1.165) is 50.8 Å². The molecule has 1 aliphatic carbocycles. The third kappa shape index (κ3) is 3.56. The molecule has 2 aliphatic rings. The third-order valence-electron chi connectivity index (χ3n) is 4.76. The zero-order valence-corrected chi connectivity index (χ0v) is 14.8. The first kappa shape index (κ1) is 16.8. The van der Waals surface area contributed by atoms with Crippen molar-refractivity contribution >= 4 is 10.0 Å². The summed E-state index contributed by atoms with van der Waals surface area (Å²) in [6.07, 6.45) is 7.10. The van der Waals surface area contributed by atoms with Gasteiger partial charge in [0.15, 0.2) is 0 Å². The summed E-state index contributed by atoms with van der Waals surface area (Å²) in [7, 11) is 0.760. The molecule has 1 aromatic heterocycles. The molecule has 1 saturated carbocycles. The second kappa shape index (κ2) is 6.83. The molecule has 1 saturated heterocycles. The second-order valence-corrected chi connectivity index (χ2v) is 9.03.